The van der Waals surface area contributed by atoms with Crippen LogP contribution in [0.15, 0.2) is 29.4 Å². The van der Waals surface area contributed by atoms with Crippen molar-refractivity contribution in [1.82, 2.24) is 4.98 Å². The Morgan fingerprint density at radius 3 is 2.21 bits per heavy atom. The van der Waals surface area contributed by atoms with Gasteiger partial charge in [0.2, 0.25) is 0 Å². The predicted molar refractivity (Wildman–Crippen MR) is 96.5 cm³/mol. The van der Waals surface area contributed by atoms with E-state index in [1.54, 1.807) is 24.4 Å². The Balaban J connectivity index is 1.63. The Morgan fingerprint density at radius 2 is 1.55 bits per heavy atom. The number of ether oxygens (including phenoxy) is 3. The average Bonchev–Trinajstić information content (AvgIpc) is 2.73. The molecule has 0 radical (unpaired) electrons. The number of nitrogens with zero attached hydrogens (tertiary/aromatic N) is 1. The third-order valence-corrected chi connectivity index (χ3v) is 5.92. The summed E-state index contributed by atoms with van der Waals surface area (Å²) in [5.74, 6) is 0. The number of hydrogen-bond acceptors (Lipinski definition) is 12. The molecule has 0 saturated carbocycles. The summed E-state index contributed by atoms with van der Waals surface area (Å²) in [5.41, 5.74) is -0.952. The molecule has 0 bridgehead atoms. The van der Waals surface area contributed by atoms with Gasteiger partial charge in [0.25, 0.3) is 0 Å². The van der Waals surface area contributed by atoms with E-state index in [9.17, 15) is 35.7 Å². The third kappa shape index (κ3) is 5.06. The molecule has 0 aromatic carbocycles. The van der Waals surface area contributed by atoms with Crippen LogP contribution in [0, 0.1) is 0 Å². The number of pyridine rings is 1. The predicted octanol–water partition coefficient (Wildman–Crippen LogP) is -3.20. The molecule has 11 nitrogen and oxygen atoms in total. The highest BCUT2D eigenvalue weighted by atomic mass is 32.2. The van der Waals surface area contributed by atoms with Gasteiger partial charge in [0.1, 0.15) is 54.3 Å². The lowest BCUT2D eigenvalue weighted by molar-refractivity contribution is -0.311. The van der Waals surface area contributed by atoms with Gasteiger partial charge in [0.05, 0.1) is 18.2 Å². The highest BCUT2D eigenvalue weighted by Crippen LogP contribution is 2.33. The van der Waals surface area contributed by atoms with Gasteiger partial charge in [-0.25, -0.2) is 4.98 Å². The zero-order valence-corrected chi connectivity index (χ0v) is 16.0. The molecule has 2 saturated heterocycles. The van der Waals surface area contributed by atoms with Gasteiger partial charge in [-0.15, -0.1) is 0 Å². The molecule has 12 heteroatoms. The maximum atomic E-state index is 10.2. The second-order valence-electron chi connectivity index (χ2n) is 6.83. The van der Waals surface area contributed by atoms with Gasteiger partial charge in [0, 0.05) is 6.20 Å². The van der Waals surface area contributed by atoms with E-state index in [0.29, 0.717) is 5.03 Å². The molecule has 7 N–H and O–H groups in total. The molecule has 2 aliphatic heterocycles. The van der Waals surface area contributed by atoms with E-state index in [4.69, 9.17) is 14.2 Å². The molecule has 0 unspecified atom stereocenters. The number of hydrogen-bond donors (Lipinski definition) is 7. The van der Waals surface area contributed by atoms with Crippen molar-refractivity contribution in [2.75, 3.05) is 13.2 Å². The molecular formula is C17H25NO10S. The third-order valence-electron chi connectivity index (χ3n) is 4.82. The van der Waals surface area contributed by atoms with Gasteiger partial charge in [-0.2, -0.15) is 0 Å². The minimum absolute atomic E-state index is 0.368. The average molecular weight is 435 g/mol. The lowest BCUT2D eigenvalue weighted by Crippen LogP contribution is -2.61. The van der Waals surface area contributed by atoms with Crippen molar-refractivity contribution in [3.05, 3.63) is 24.4 Å². The van der Waals surface area contributed by atoms with Crippen molar-refractivity contribution in [1.29, 1.82) is 0 Å². The van der Waals surface area contributed by atoms with Gasteiger partial charge in [-0.1, -0.05) is 17.8 Å². The molecular weight excluding hydrogens is 410 g/mol. The normalized spacial score (nSPS) is 43.3. The van der Waals surface area contributed by atoms with Gasteiger partial charge in [-0.3, -0.25) is 0 Å². The van der Waals surface area contributed by atoms with E-state index in [1.165, 1.54) is 0 Å². The SMILES string of the molecule is OC[C@H]1O[C@H](OC[C@H]2O[C@@H](Sc3ccccn3)[C@H](O)[C@@H](O)[C@@H]2O)[C@H](O)[C@@H](O)[C@H]1O. The van der Waals surface area contributed by atoms with Crippen LogP contribution >= 0.6 is 11.8 Å². The Kier molecular flexibility index (Phi) is 7.81. The zero-order valence-electron chi connectivity index (χ0n) is 15.2. The fourth-order valence-electron chi connectivity index (χ4n) is 3.08. The minimum Gasteiger partial charge on any atom is -0.394 e. The van der Waals surface area contributed by atoms with E-state index >= 15 is 0 Å². The second kappa shape index (κ2) is 9.94. The van der Waals surface area contributed by atoms with E-state index in [1.807, 2.05) is 0 Å². The van der Waals surface area contributed by atoms with Crippen LogP contribution in [-0.4, -0.2) is 115 Å². The number of aliphatic hydroxyl groups is 7. The molecule has 10 atom stereocenters. The van der Waals surface area contributed by atoms with Gasteiger partial charge >= 0.3 is 0 Å². The van der Waals surface area contributed by atoms with Gasteiger partial charge < -0.3 is 50.0 Å². The Bertz CT molecular complexity index is 640. The quantitative estimate of drug-likeness (QED) is 0.238. The second-order valence-corrected chi connectivity index (χ2v) is 7.95. The van der Waals surface area contributed by atoms with Crippen molar-refractivity contribution < 1.29 is 50.0 Å². The fraction of sp³-hybridized carbons (Fsp3) is 0.706. The maximum Gasteiger partial charge on any atom is 0.186 e. The first kappa shape index (κ1) is 22.8. The van der Waals surface area contributed by atoms with E-state index in [0.717, 1.165) is 11.8 Å². The lowest BCUT2D eigenvalue weighted by atomic mass is 9.99. The monoisotopic (exact) mass is 435 g/mol. The largest absolute Gasteiger partial charge is 0.394 e. The Hall–Kier alpha value is -0.900. The zero-order chi connectivity index (χ0) is 21.1. The van der Waals surface area contributed by atoms with Crippen LogP contribution in [0.25, 0.3) is 0 Å². The molecule has 164 valence electrons. The fourth-order valence-corrected chi connectivity index (χ4v) is 4.10. The van der Waals surface area contributed by atoms with Crippen molar-refractivity contribution in [2.45, 2.75) is 65.6 Å². The number of thioether (sulfide) groups is 1. The number of aromatic nitrogens is 1. The van der Waals surface area contributed by atoms with E-state index in [-0.39, 0.29) is 6.61 Å². The summed E-state index contributed by atoms with van der Waals surface area (Å²) in [6.45, 7) is -0.978. The Labute approximate surface area is 170 Å². The number of aliphatic hydroxyl groups excluding tert-OH is 7. The summed E-state index contributed by atoms with van der Waals surface area (Å²) in [6, 6.07) is 5.16. The summed E-state index contributed by atoms with van der Waals surface area (Å²) >= 11 is 1.05. The molecule has 0 aliphatic carbocycles. The van der Waals surface area contributed by atoms with Crippen LogP contribution in [0.3, 0.4) is 0 Å². The smallest absolute Gasteiger partial charge is 0.186 e. The lowest BCUT2D eigenvalue weighted by Gasteiger charge is -2.42. The minimum atomic E-state index is -1.61. The molecule has 2 aliphatic rings. The van der Waals surface area contributed by atoms with Gasteiger partial charge in [-0.05, 0) is 12.1 Å². The highest BCUT2D eigenvalue weighted by Gasteiger charge is 2.47. The summed E-state index contributed by atoms with van der Waals surface area (Å²) < 4.78 is 16.3. The van der Waals surface area contributed by atoms with Crippen LogP contribution in [0.4, 0.5) is 0 Å². The standard InChI is InChI=1S/C17H25NO10S/c19-5-7-10(20)12(22)14(24)16(27-7)26-6-8-11(21)13(23)15(25)17(28-8)29-9-3-1-2-4-18-9/h1-4,7-8,10-17,19-25H,5-6H2/t7-,8-,10+,11-,12+,13+,14-,15-,16+,17+/m1/s1. The molecule has 0 spiro atoms. The highest BCUT2D eigenvalue weighted by molar-refractivity contribution is 7.99. The van der Waals surface area contributed by atoms with Crippen LogP contribution in [0.5, 0.6) is 0 Å². The summed E-state index contributed by atoms with van der Waals surface area (Å²) in [6.07, 6.45) is -11.2. The van der Waals surface area contributed by atoms with Crippen LogP contribution < -0.4 is 0 Å². The molecule has 3 rings (SSSR count). The van der Waals surface area contributed by atoms with Gasteiger partial charge in [0.15, 0.2) is 6.29 Å². The first-order valence-electron chi connectivity index (χ1n) is 9.03. The van der Waals surface area contributed by atoms with Crippen LogP contribution in [0.2, 0.25) is 0 Å². The van der Waals surface area contributed by atoms with E-state index < -0.39 is 67.2 Å². The van der Waals surface area contributed by atoms with E-state index in [2.05, 4.69) is 4.98 Å². The molecule has 2 fully saturated rings. The summed E-state index contributed by atoms with van der Waals surface area (Å²) in [7, 11) is 0. The first-order chi connectivity index (χ1) is 13.8. The van der Waals surface area contributed by atoms with Crippen LogP contribution in [0.1, 0.15) is 0 Å². The topological polar surface area (TPSA) is 182 Å². The number of rotatable bonds is 6. The molecule has 1 aromatic rings. The molecule has 0 amide bonds. The first-order valence-corrected chi connectivity index (χ1v) is 9.91. The van der Waals surface area contributed by atoms with Crippen LogP contribution in [-0.2, 0) is 14.2 Å². The summed E-state index contributed by atoms with van der Waals surface area (Å²) in [5, 5.41) is 69.9. The maximum absolute atomic E-state index is 10.2. The molecule has 1 aromatic heterocycles. The van der Waals surface area contributed by atoms with Crippen molar-refractivity contribution in [2.24, 2.45) is 0 Å². The van der Waals surface area contributed by atoms with Crippen molar-refractivity contribution >= 4 is 11.8 Å². The molecule has 3 heterocycles. The summed E-state index contributed by atoms with van der Waals surface area (Å²) in [4.78, 5) is 4.11. The molecule has 29 heavy (non-hydrogen) atoms. The van der Waals surface area contributed by atoms with Crippen molar-refractivity contribution in [3.8, 4) is 0 Å². The Morgan fingerprint density at radius 1 is 0.862 bits per heavy atom. The van der Waals surface area contributed by atoms with Crippen molar-refractivity contribution in [3.63, 3.8) is 0 Å².